The highest BCUT2D eigenvalue weighted by molar-refractivity contribution is 6.04. The lowest BCUT2D eigenvalue weighted by molar-refractivity contribution is -0.137. The molecule has 1 aromatic carbocycles. The first kappa shape index (κ1) is 15.6. The summed E-state index contributed by atoms with van der Waals surface area (Å²) >= 11 is 0. The molecule has 0 radical (unpaired) electrons. The fraction of sp³-hybridized carbons (Fsp3) is 0.267. The Bertz CT molecular complexity index is 708. The van der Waals surface area contributed by atoms with Crippen LogP contribution in [0.5, 0.6) is 0 Å². The molecule has 7 heteroatoms. The molecule has 0 fully saturated rings. The number of hydrogen-bond acceptors (Lipinski definition) is 4. The number of likely N-dealkylation sites (N-methyl/N-ethyl adjacent to an activating group) is 2. The zero-order valence-corrected chi connectivity index (χ0v) is 12.4. The lowest BCUT2D eigenvalue weighted by Crippen LogP contribution is -2.39. The third-order valence-corrected chi connectivity index (χ3v) is 3.22. The molecule has 0 aliphatic heterocycles. The van der Waals surface area contributed by atoms with Gasteiger partial charge in [0.1, 0.15) is 0 Å². The number of nitrogens with one attached hydrogen (secondary N) is 2. The first-order valence-electron chi connectivity index (χ1n) is 6.70. The maximum Gasteiger partial charge on any atom is 0.340 e. The maximum atomic E-state index is 12.0. The van der Waals surface area contributed by atoms with Crippen molar-refractivity contribution < 1.29 is 19.1 Å². The van der Waals surface area contributed by atoms with Crippen LogP contribution in [0.25, 0.3) is 10.9 Å². The number of esters is 1. The van der Waals surface area contributed by atoms with Gasteiger partial charge in [0, 0.05) is 31.2 Å². The number of ether oxygens (including phenoxy) is 1. The van der Waals surface area contributed by atoms with Crippen LogP contribution in [0.3, 0.4) is 0 Å². The van der Waals surface area contributed by atoms with E-state index in [0.717, 1.165) is 10.9 Å². The summed E-state index contributed by atoms with van der Waals surface area (Å²) in [7, 11) is 2.95. The summed E-state index contributed by atoms with van der Waals surface area (Å²) in [6.45, 7) is -0.494. The molecule has 2 aromatic rings. The molecule has 0 aliphatic rings. The van der Waals surface area contributed by atoms with Gasteiger partial charge in [-0.05, 0) is 6.07 Å². The minimum Gasteiger partial charge on any atom is -0.452 e. The fourth-order valence-electron chi connectivity index (χ4n) is 1.94. The van der Waals surface area contributed by atoms with E-state index in [-0.39, 0.29) is 12.5 Å². The van der Waals surface area contributed by atoms with Gasteiger partial charge in [0.25, 0.3) is 5.91 Å². The van der Waals surface area contributed by atoms with Crippen molar-refractivity contribution in [1.29, 1.82) is 0 Å². The SMILES string of the molecule is CNC(=O)CN(C)C(=O)COC(=O)c1c[nH]c2ccccc12. The number of H-pyrrole nitrogens is 1. The predicted octanol–water partition coefficient (Wildman–Crippen LogP) is 0.529. The Balaban J connectivity index is 1.95. The van der Waals surface area contributed by atoms with Gasteiger partial charge >= 0.3 is 5.97 Å². The summed E-state index contributed by atoms with van der Waals surface area (Å²) in [5, 5.41) is 3.15. The number of para-hydroxylation sites is 1. The van der Waals surface area contributed by atoms with E-state index in [1.807, 2.05) is 18.2 Å². The quantitative estimate of drug-likeness (QED) is 0.788. The molecule has 0 unspecified atom stereocenters. The van der Waals surface area contributed by atoms with Crippen LogP contribution >= 0.6 is 0 Å². The van der Waals surface area contributed by atoms with Gasteiger partial charge in [0.05, 0.1) is 12.1 Å². The highest BCUT2D eigenvalue weighted by atomic mass is 16.5. The number of rotatable bonds is 5. The van der Waals surface area contributed by atoms with Crippen molar-refractivity contribution >= 4 is 28.7 Å². The number of carbonyl (C=O) groups is 3. The van der Waals surface area contributed by atoms with Gasteiger partial charge in [-0.15, -0.1) is 0 Å². The van der Waals surface area contributed by atoms with Gasteiger partial charge in [-0.3, -0.25) is 9.59 Å². The van der Waals surface area contributed by atoms with Gasteiger partial charge in [-0.1, -0.05) is 18.2 Å². The van der Waals surface area contributed by atoms with Gasteiger partial charge in [-0.2, -0.15) is 0 Å². The average molecular weight is 303 g/mol. The van der Waals surface area contributed by atoms with Crippen LogP contribution in [0.15, 0.2) is 30.5 Å². The summed E-state index contributed by atoms with van der Waals surface area (Å²) in [6, 6.07) is 7.30. The van der Waals surface area contributed by atoms with Crippen LogP contribution in [-0.4, -0.2) is 54.9 Å². The van der Waals surface area contributed by atoms with Crippen LogP contribution in [0, 0.1) is 0 Å². The van der Waals surface area contributed by atoms with Crippen LogP contribution in [-0.2, 0) is 14.3 Å². The molecule has 0 aliphatic carbocycles. The van der Waals surface area contributed by atoms with Gasteiger partial charge in [-0.25, -0.2) is 4.79 Å². The van der Waals surface area contributed by atoms with Crippen LogP contribution < -0.4 is 5.32 Å². The van der Waals surface area contributed by atoms with E-state index in [0.29, 0.717) is 5.56 Å². The molecule has 7 nitrogen and oxygen atoms in total. The summed E-state index contributed by atoms with van der Waals surface area (Å²) in [4.78, 5) is 39.2. The van der Waals surface area contributed by atoms with E-state index in [9.17, 15) is 14.4 Å². The van der Waals surface area contributed by atoms with E-state index in [1.165, 1.54) is 19.0 Å². The van der Waals surface area contributed by atoms with Crippen molar-refractivity contribution in [2.24, 2.45) is 0 Å². The molecule has 0 saturated heterocycles. The zero-order chi connectivity index (χ0) is 16.1. The summed E-state index contributed by atoms with van der Waals surface area (Å²) in [5.41, 5.74) is 1.19. The van der Waals surface area contributed by atoms with Crippen molar-refractivity contribution in [2.45, 2.75) is 0 Å². The third kappa shape index (κ3) is 3.43. The predicted molar refractivity (Wildman–Crippen MR) is 80.3 cm³/mol. The van der Waals surface area contributed by atoms with Gasteiger partial charge < -0.3 is 19.9 Å². The molecule has 0 spiro atoms. The van der Waals surface area contributed by atoms with Gasteiger partial charge in [0.15, 0.2) is 6.61 Å². The Labute approximate surface area is 127 Å². The molecular formula is C15H17N3O4. The molecule has 0 saturated carbocycles. The van der Waals surface area contributed by atoms with Crippen molar-refractivity contribution in [3.8, 4) is 0 Å². The number of amides is 2. The molecule has 1 aromatic heterocycles. The molecule has 2 amide bonds. The number of hydrogen-bond donors (Lipinski definition) is 2. The molecule has 1 heterocycles. The maximum absolute atomic E-state index is 12.0. The van der Waals surface area contributed by atoms with E-state index >= 15 is 0 Å². The Hall–Kier alpha value is -2.83. The summed E-state index contributed by atoms with van der Waals surface area (Å²) in [6.07, 6.45) is 1.55. The molecule has 0 atom stereocenters. The number of fused-ring (bicyclic) bond motifs is 1. The number of benzene rings is 1. The van der Waals surface area contributed by atoms with E-state index in [1.54, 1.807) is 12.3 Å². The normalized spacial score (nSPS) is 10.3. The lowest BCUT2D eigenvalue weighted by Gasteiger charge is -2.15. The van der Waals surface area contributed by atoms with E-state index in [2.05, 4.69) is 10.3 Å². The topological polar surface area (TPSA) is 91.5 Å². The van der Waals surface area contributed by atoms with E-state index < -0.39 is 18.5 Å². The van der Waals surface area contributed by atoms with Crippen LogP contribution in [0.1, 0.15) is 10.4 Å². The first-order valence-corrected chi connectivity index (χ1v) is 6.70. The van der Waals surface area contributed by atoms with Crippen molar-refractivity contribution in [3.05, 3.63) is 36.0 Å². The molecule has 2 N–H and O–H groups in total. The summed E-state index contributed by atoms with van der Waals surface area (Å²) < 4.78 is 5.01. The molecule has 116 valence electrons. The second-order valence-corrected chi connectivity index (χ2v) is 4.75. The Kier molecular flexibility index (Phi) is 4.77. The van der Waals surface area contributed by atoms with Crippen molar-refractivity contribution in [2.75, 3.05) is 27.2 Å². The molecule has 0 bridgehead atoms. The number of aromatic amines is 1. The first-order chi connectivity index (χ1) is 10.5. The van der Waals surface area contributed by atoms with Gasteiger partial charge in [0.2, 0.25) is 5.91 Å². The second kappa shape index (κ2) is 6.75. The third-order valence-electron chi connectivity index (χ3n) is 3.22. The van der Waals surface area contributed by atoms with Crippen LogP contribution in [0.2, 0.25) is 0 Å². The Morgan fingerprint density at radius 3 is 2.73 bits per heavy atom. The standard InChI is InChI=1S/C15H17N3O4/c1-16-13(19)8-18(2)14(20)9-22-15(21)11-7-17-12-6-4-3-5-10(11)12/h3-7,17H,8-9H2,1-2H3,(H,16,19). The highest BCUT2D eigenvalue weighted by Gasteiger charge is 2.17. The Morgan fingerprint density at radius 1 is 1.27 bits per heavy atom. The van der Waals surface area contributed by atoms with Crippen molar-refractivity contribution in [3.63, 3.8) is 0 Å². The van der Waals surface area contributed by atoms with Crippen LogP contribution in [0.4, 0.5) is 0 Å². The van der Waals surface area contributed by atoms with E-state index in [4.69, 9.17) is 4.74 Å². The minimum atomic E-state index is -0.584. The van der Waals surface area contributed by atoms with Crippen molar-refractivity contribution in [1.82, 2.24) is 15.2 Å². The number of aromatic nitrogens is 1. The largest absolute Gasteiger partial charge is 0.452 e. The highest BCUT2D eigenvalue weighted by Crippen LogP contribution is 2.18. The monoisotopic (exact) mass is 303 g/mol. The lowest BCUT2D eigenvalue weighted by atomic mass is 10.2. The summed E-state index contributed by atoms with van der Waals surface area (Å²) in [5.74, 6) is -1.32. The molecule has 2 rings (SSSR count). The number of nitrogens with zero attached hydrogens (tertiary/aromatic N) is 1. The second-order valence-electron chi connectivity index (χ2n) is 4.75. The smallest absolute Gasteiger partial charge is 0.340 e. The molecule has 22 heavy (non-hydrogen) atoms. The molecular weight excluding hydrogens is 286 g/mol. The minimum absolute atomic E-state index is 0.0834. The number of carbonyl (C=O) groups excluding carboxylic acids is 3. The Morgan fingerprint density at radius 2 is 2.00 bits per heavy atom. The fourth-order valence-corrected chi connectivity index (χ4v) is 1.94. The zero-order valence-electron chi connectivity index (χ0n) is 12.4. The average Bonchev–Trinajstić information content (AvgIpc) is 2.96.